The van der Waals surface area contributed by atoms with E-state index in [1.54, 1.807) is 41.2 Å². The van der Waals surface area contributed by atoms with Crippen LogP contribution in [0.4, 0.5) is 26.0 Å². The number of nitrogens with zero attached hydrogens (tertiary/aromatic N) is 6. The molecule has 11 heteroatoms. The lowest BCUT2D eigenvalue weighted by Crippen LogP contribution is -2.48. The summed E-state index contributed by atoms with van der Waals surface area (Å²) in [6.07, 6.45) is 1.99. The van der Waals surface area contributed by atoms with Crippen LogP contribution in [0.2, 0.25) is 0 Å². The van der Waals surface area contributed by atoms with E-state index < -0.39 is 12.4 Å². The number of pyridine rings is 1. The average molecular weight is 547 g/mol. The van der Waals surface area contributed by atoms with Crippen LogP contribution >= 0.6 is 0 Å². The van der Waals surface area contributed by atoms with Gasteiger partial charge in [-0.3, -0.25) is 14.4 Å². The first-order valence-electron chi connectivity index (χ1n) is 13.1. The van der Waals surface area contributed by atoms with E-state index >= 15 is 0 Å². The van der Waals surface area contributed by atoms with Gasteiger partial charge in [0.25, 0.3) is 6.43 Å². The Morgan fingerprint density at radius 2 is 1.88 bits per heavy atom. The summed E-state index contributed by atoms with van der Waals surface area (Å²) < 4.78 is 30.3. The summed E-state index contributed by atoms with van der Waals surface area (Å²) in [6.45, 7) is 2.05. The fraction of sp³-hybridized carbons (Fsp3) is 0.310. The van der Waals surface area contributed by atoms with Crippen LogP contribution in [0.25, 0.3) is 21.9 Å². The lowest BCUT2D eigenvalue weighted by Gasteiger charge is -2.33. The number of carbonyl (C=O) groups is 2. The van der Waals surface area contributed by atoms with E-state index in [-0.39, 0.29) is 17.2 Å². The highest BCUT2D eigenvalue weighted by atomic mass is 19.3. The third-order valence-corrected chi connectivity index (χ3v) is 7.61. The minimum atomic E-state index is -2.72. The van der Waals surface area contributed by atoms with Crippen LogP contribution < -0.4 is 9.80 Å². The van der Waals surface area contributed by atoms with Gasteiger partial charge in [-0.25, -0.2) is 18.6 Å². The van der Waals surface area contributed by atoms with Gasteiger partial charge in [0.05, 0.1) is 12.7 Å². The Morgan fingerprint density at radius 1 is 1.05 bits per heavy atom. The van der Waals surface area contributed by atoms with E-state index in [2.05, 4.69) is 10.1 Å². The van der Waals surface area contributed by atoms with Crippen molar-refractivity contribution in [1.29, 1.82) is 0 Å². The summed E-state index contributed by atoms with van der Waals surface area (Å²) in [5.41, 5.74) is 2.92. The number of carboxylic acid groups (broad SMARTS) is 1. The monoisotopic (exact) mass is 546 g/mol. The molecule has 1 saturated heterocycles. The van der Waals surface area contributed by atoms with Crippen molar-refractivity contribution in [1.82, 2.24) is 19.7 Å². The van der Waals surface area contributed by atoms with E-state index in [1.807, 2.05) is 29.0 Å². The molecule has 6 rings (SSSR count). The summed E-state index contributed by atoms with van der Waals surface area (Å²) in [6, 6.07) is 10.2. The highest BCUT2D eigenvalue weighted by molar-refractivity contribution is 6.03. The quantitative estimate of drug-likeness (QED) is 0.390. The molecule has 9 nitrogen and oxygen atoms in total. The Morgan fingerprint density at radius 3 is 2.58 bits per heavy atom. The molecule has 0 atom stereocenters. The third kappa shape index (κ3) is 4.56. The molecule has 4 heterocycles. The number of benzene rings is 2. The first-order valence-corrected chi connectivity index (χ1v) is 13.1. The number of rotatable bonds is 5. The normalized spacial score (nSPS) is 16.2. The number of alkyl halides is 2. The van der Waals surface area contributed by atoms with Crippen molar-refractivity contribution >= 4 is 39.8 Å². The van der Waals surface area contributed by atoms with Crippen molar-refractivity contribution in [3.8, 4) is 11.1 Å². The zero-order valence-electron chi connectivity index (χ0n) is 22.1. The molecule has 0 aliphatic carbocycles. The number of likely N-dealkylation sites (N-methyl/N-ethyl adjacent to an activating group) is 1. The van der Waals surface area contributed by atoms with Gasteiger partial charge < -0.3 is 14.9 Å². The number of piperazine rings is 1. The first-order chi connectivity index (χ1) is 19.2. The van der Waals surface area contributed by atoms with Crippen molar-refractivity contribution < 1.29 is 23.5 Å². The molecular weight excluding hydrogens is 518 g/mol. The minimum Gasteiger partial charge on any atom is -0.477 e. The van der Waals surface area contributed by atoms with Crippen molar-refractivity contribution in [2.24, 2.45) is 7.05 Å². The maximum Gasteiger partial charge on any atom is 0.354 e. The molecule has 0 bridgehead atoms. The van der Waals surface area contributed by atoms with Gasteiger partial charge in [0.1, 0.15) is 5.82 Å². The second-order valence-corrected chi connectivity index (χ2v) is 10.4. The molecule has 2 aromatic carbocycles. The number of aromatic carboxylic acids is 1. The summed E-state index contributed by atoms with van der Waals surface area (Å²) in [5, 5.41) is 15.3. The van der Waals surface area contributed by atoms with Crippen LogP contribution in [0.5, 0.6) is 0 Å². The molecule has 0 unspecified atom stereocenters. The minimum absolute atomic E-state index is 0.0326. The first kappa shape index (κ1) is 25.9. The van der Waals surface area contributed by atoms with E-state index in [1.165, 1.54) is 12.1 Å². The number of hydrogen-bond acceptors (Lipinski definition) is 6. The number of aryl methyl sites for hydroxylation is 2. The number of carbonyl (C=O) groups excluding carboxylic acids is 1. The molecule has 0 radical (unpaired) electrons. The smallest absolute Gasteiger partial charge is 0.354 e. The summed E-state index contributed by atoms with van der Waals surface area (Å²) in [7, 11) is 3.63. The number of halogens is 2. The molecule has 4 aromatic rings. The Labute approximate surface area is 229 Å². The van der Waals surface area contributed by atoms with Crippen molar-refractivity contribution in [3.05, 3.63) is 65.6 Å². The predicted molar refractivity (Wildman–Crippen MR) is 147 cm³/mol. The highest BCUT2D eigenvalue weighted by Gasteiger charge is 2.28. The summed E-state index contributed by atoms with van der Waals surface area (Å²) in [4.78, 5) is 34.8. The molecule has 0 saturated carbocycles. The molecule has 2 aliphatic heterocycles. The van der Waals surface area contributed by atoms with Crippen LogP contribution in [0.3, 0.4) is 0 Å². The second kappa shape index (κ2) is 9.98. The zero-order chi connectivity index (χ0) is 28.1. The largest absolute Gasteiger partial charge is 0.477 e. The lowest BCUT2D eigenvalue weighted by atomic mass is 9.93. The molecule has 2 aromatic heterocycles. The number of fused-ring (bicyclic) bond motifs is 2. The Bertz CT molecular complexity index is 1650. The van der Waals surface area contributed by atoms with Gasteiger partial charge in [0, 0.05) is 60.8 Å². The van der Waals surface area contributed by atoms with Gasteiger partial charge in [0.2, 0.25) is 5.91 Å². The molecule has 1 amide bonds. The van der Waals surface area contributed by atoms with Crippen LogP contribution in [0.15, 0.2) is 48.8 Å². The van der Waals surface area contributed by atoms with Gasteiger partial charge in [0.15, 0.2) is 5.69 Å². The molecule has 2 aliphatic rings. The fourth-order valence-corrected chi connectivity index (χ4v) is 5.63. The van der Waals surface area contributed by atoms with E-state index in [0.29, 0.717) is 65.1 Å². The van der Waals surface area contributed by atoms with Crippen LogP contribution in [0, 0.1) is 0 Å². The number of amides is 1. The van der Waals surface area contributed by atoms with Gasteiger partial charge >= 0.3 is 5.97 Å². The Kier molecular flexibility index (Phi) is 6.46. The maximum absolute atomic E-state index is 14.3. The number of carboxylic acids is 1. The van der Waals surface area contributed by atoms with Crippen LogP contribution in [-0.4, -0.2) is 69.9 Å². The summed E-state index contributed by atoms with van der Waals surface area (Å²) >= 11 is 0. The van der Waals surface area contributed by atoms with Gasteiger partial charge in [-0.05, 0) is 72.8 Å². The predicted octanol–water partition coefficient (Wildman–Crippen LogP) is 4.63. The summed E-state index contributed by atoms with van der Waals surface area (Å²) in [5.74, 6) is -0.835. The molecule has 1 N–H and O–H groups in total. The van der Waals surface area contributed by atoms with E-state index in [9.17, 15) is 23.5 Å². The molecular formula is C29H28F2N6O3. The number of aromatic nitrogens is 3. The maximum atomic E-state index is 14.3. The van der Waals surface area contributed by atoms with Crippen molar-refractivity contribution in [2.75, 3.05) is 43.0 Å². The lowest BCUT2D eigenvalue weighted by molar-refractivity contribution is -0.120. The van der Waals surface area contributed by atoms with Crippen LogP contribution in [0.1, 0.15) is 34.5 Å². The zero-order valence-corrected chi connectivity index (χ0v) is 22.1. The SMILES string of the molecule is CN1CCN(c2ccc3c(N4CCCc5cc(-c6cnn(C)c6)c(C(F)F)cc54)nc(C(=O)O)cc3c2)C(=O)C1. The van der Waals surface area contributed by atoms with Gasteiger partial charge in [-0.1, -0.05) is 0 Å². The number of anilines is 3. The van der Waals surface area contributed by atoms with E-state index in [4.69, 9.17) is 0 Å². The van der Waals surface area contributed by atoms with E-state index in [0.717, 1.165) is 18.5 Å². The Balaban J connectivity index is 1.49. The van der Waals surface area contributed by atoms with Gasteiger partial charge in [-0.15, -0.1) is 0 Å². The third-order valence-electron chi connectivity index (χ3n) is 7.61. The van der Waals surface area contributed by atoms with Crippen molar-refractivity contribution in [3.63, 3.8) is 0 Å². The standard InChI is InChI=1S/C29H28F2N6O3/c1-34-8-9-36(26(38)16-34)20-5-6-21-18(10-20)12-24(29(39)40)33-28(21)37-7-3-4-17-11-22(19-14-32-35(2)15-19)23(27(30)31)13-25(17)37/h5-6,10-15,27H,3-4,7-9,16H2,1-2H3,(H,39,40). The highest BCUT2D eigenvalue weighted by Crippen LogP contribution is 2.42. The molecule has 1 fully saturated rings. The van der Waals surface area contributed by atoms with Crippen molar-refractivity contribution in [2.45, 2.75) is 19.3 Å². The average Bonchev–Trinajstić information content (AvgIpc) is 3.37. The number of hydrogen-bond donors (Lipinski definition) is 1. The molecule has 0 spiro atoms. The fourth-order valence-electron chi connectivity index (χ4n) is 5.63. The topological polar surface area (TPSA) is 94.8 Å². The van der Waals surface area contributed by atoms with Gasteiger partial charge in [-0.2, -0.15) is 5.10 Å². The Hall–Kier alpha value is -4.38. The molecule has 40 heavy (non-hydrogen) atoms. The van der Waals surface area contributed by atoms with Crippen LogP contribution in [-0.2, 0) is 18.3 Å². The molecule has 206 valence electrons. The second-order valence-electron chi connectivity index (χ2n) is 10.4.